The van der Waals surface area contributed by atoms with E-state index in [0.29, 0.717) is 12.8 Å². The Bertz CT molecular complexity index is 1180. The molecule has 9 nitrogen and oxygen atoms in total. The molecule has 0 heterocycles. The lowest BCUT2D eigenvalue weighted by Crippen LogP contribution is -2.29. The van der Waals surface area contributed by atoms with Crippen molar-refractivity contribution in [1.29, 1.82) is 0 Å². The van der Waals surface area contributed by atoms with Crippen LogP contribution in [0.15, 0.2) is 97.2 Å². The Morgan fingerprint density at radius 3 is 1.74 bits per heavy atom. The smallest absolute Gasteiger partial charge is 0.462 e. The van der Waals surface area contributed by atoms with E-state index in [-0.39, 0.29) is 32.6 Å². The highest BCUT2D eigenvalue weighted by atomic mass is 31.2. The van der Waals surface area contributed by atoms with Crippen LogP contribution in [0.3, 0.4) is 0 Å². The van der Waals surface area contributed by atoms with Gasteiger partial charge in [0.05, 0.1) is 13.2 Å². The van der Waals surface area contributed by atoms with E-state index >= 15 is 0 Å². The number of allylic oxidation sites excluding steroid dienone is 16. The molecule has 1 unspecified atom stereocenters. The molecule has 2 atom stereocenters. The number of unbranched alkanes of at least 4 members (excludes halogenated alkanes) is 9. The van der Waals surface area contributed by atoms with Gasteiger partial charge in [0, 0.05) is 19.4 Å². The lowest BCUT2D eigenvalue weighted by Gasteiger charge is -2.19. The van der Waals surface area contributed by atoms with Crippen LogP contribution < -0.4 is 5.73 Å². The van der Waals surface area contributed by atoms with Gasteiger partial charge in [-0.3, -0.25) is 18.6 Å². The highest BCUT2D eigenvalue weighted by molar-refractivity contribution is 7.47. The molecule has 0 radical (unpaired) electrons. The van der Waals surface area contributed by atoms with Crippen molar-refractivity contribution >= 4 is 19.8 Å². The fraction of sp³-hybridized carbons (Fsp3) is 0.581. The fourth-order valence-corrected chi connectivity index (χ4v) is 5.40. The van der Waals surface area contributed by atoms with E-state index in [2.05, 4.69) is 80.7 Å². The van der Waals surface area contributed by atoms with E-state index in [1.54, 1.807) is 0 Å². The Balaban J connectivity index is 4.34. The van der Waals surface area contributed by atoms with Gasteiger partial charge < -0.3 is 20.1 Å². The van der Waals surface area contributed by atoms with E-state index in [0.717, 1.165) is 83.5 Å². The van der Waals surface area contributed by atoms with Crippen LogP contribution in [0.2, 0.25) is 0 Å². The van der Waals surface area contributed by atoms with Crippen molar-refractivity contribution in [2.45, 2.75) is 136 Å². The first-order valence-electron chi connectivity index (χ1n) is 19.8. The maximum absolute atomic E-state index is 12.5. The molecule has 0 fully saturated rings. The van der Waals surface area contributed by atoms with Crippen molar-refractivity contribution in [3.63, 3.8) is 0 Å². The van der Waals surface area contributed by atoms with Crippen LogP contribution in [0.4, 0.5) is 0 Å². The van der Waals surface area contributed by atoms with Crippen LogP contribution >= 0.6 is 7.82 Å². The summed E-state index contributed by atoms with van der Waals surface area (Å²) in [7, 11) is -4.40. The summed E-state index contributed by atoms with van der Waals surface area (Å²) in [5.41, 5.74) is 5.33. The van der Waals surface area contributed by atoms with E-state index in [9.17, 15) is 19.0 Å². The lowest BCUT2D eigenvalue weighted by molar-refractivity contribution is -0.161. The van der Waals surface area contributed by atoms with E-state index in [1.807, 2.05) is 30.4 Å². The molecule has 0 aliphatic heterocycles. The van der Waals surface area contributed by atoms with Crippen LogP contribution in [-0.4, -0.2) is 49.3 Å². The molecule has 0 aromatic heterocycles. The summed E-state index contributed by atoms with van der Waals surface area (Å²) in [5.74, 6) is -0.905. The first-order chi connectivity index (χ1) is 25.8. The zero-order valence-electron chi connectivity index (χ0n) is 32.7. The number of nitrogens with two attached hydrogens (primary N) is 1. The zero-order valence-corrected chi connectivity index (χ0v) is 33.6. The second-order valence-corrected chi connectivity index (χ2v) is 14.0. The van der Waals surface area contributed by atoms with Gasteiger partial charge >= 0.3 is 19.8 Å². The normalized spacial score (nSPS) is 14.4. The largest absolute Gasteiger partial charge is 0.472 e. The topological polar surface area (TPSA) is 134 Å². The summed E-state index contributed by atoms with van der Waals surface area (Å²) in [6, 6.07) is 0. The van der Waals surface area contributed by atoms with E-state index in [4.69, 9.17) is 24.3 Å². The molecule has 0 amide bonds. The van der Waals surface area contributed by atoms with Gasteiger partial charge in [0.2, 0.25) is 0 Å². The first-order valence-corrected chi connectivity index (χ1v) is 21.3. The average molecular weight is 760 g/mol. The summed E-state index contributed by atoms with van der Waals surface area (Å²) < 4.78 is 32.6. The molecule has 0 aromatic rings. The van der Waals surface area contributed by atoms with Crippen molar-refractivity contribution in [1.82, 2.24) is 0 Å². The number of hydrogen-bond donors (Lipinski definition) is 2. The minimum atomic E-state index is -4.40. The molecule has 0 rings (SSSR count). The van der Waals surface area contributed by atoms with Crippen molar-refractivity contribution in [2.24, 2.45) is 5.73 Å². The van der Waals surface area contributed by atoms with Crippen molar-refractivity contribution in [3.8, 4) is 0 Å². The molecule has 0 aromatic carbocycles. The molecule has 0 saturated carbocycles. The lowest BCUT2D eigenvalue weighted by atomic mass is 10.1. The summed E-state index contributed by atoms with van der Waals surface area (Å²) >= 11 is 0. The Hall–Kier alpha value is -3.07. The van der Waals surface area contributed by atoms with Gasteiger partial charge in [0.15, 0.2) is 6.10 Å². The Morgan fingerprint density at radius 2 is 1.11 bits per heavy atom. The predicted molar refractivity (Wildman–Crippen MR) is 219 cm³/mol. The van der Waals surface area contributed by atoms with Crippen LogP contribution in [0, 0.1) is 0 Å². The van der Waals surface area contributed by atoms with Gasteiger partial charge in [0.1, 0.15) is 6.61 Å². The molecule has 0 spiro atoms. The molecular formula is C43H70NO8P. The second-order valence-electron chi connectivity index (χ2n) is 12.5. The monoisotopic (exact) mass is 759 g/mol. The maximum Gasteiger partial charge on any atom is 0.472 e. The summed E-state index contributed by atoms with van der Waals surface area (Å²) in [4.78, 5) is 34.8. The fourth-order valence-electron chi connectivity index (χ4n) is 4.63. The number of ether oxygens (including phenoxy) is 2. The second kappa shape index (κ2) is 38.6. The Morgan fingerprint density at radius 1 is 0.604 bits per heavy atom. The molecule has 0 aliphatic carbocycles. The number of phosphoric ester groups is 1. The molecule has 300 valence electrons. The molecule has 0 aliphatic rings. The van der Waals surface area contributed by atoms with Crippen molar-refractivity contribution in [2.75, 3.05) is 26.4 Å². The van der Waals surface area contributed by atoms with Crippen LogP contribution in [0.25, 0.3) is 0 Å². The number of carbonyl (C=O) groups excluding carboxylic acids is 2. The SMILES string of the molecule is CC/C=C/C=C/C=C/C=C/CCCCCCCC(=O)OC[C@H](COP(=O)(O)OCCN)OC(=O)CCCCC/C=C/C/C=C/C/C=C/C/C=C/CCC. The van der Waals surface area contributed by atoms with Gasteiger partial charge in [-0.1, -0.05) is 143 Å². The molecule has 0 bridgehead atoms. The highest BCUT2D eigenvalue weighted by Gasteiger charge is 2.25. The average Bonchev–Trinajstić information content (AvgIpc) is 3.14. The molecule has 0 saturated heterocycles. The van der Waals surface area contributed by atoms with Gasteiger partial charge in [-0.25, -0.2) is 4.57 Å². The summed E-state index contributed by atoms with van der Waals surface area (Å²) in [6.07, 6.45) is 48.6. The van der Waals surface area contributed by atoms with Crippen molar-refractivity contribution < 1.29 is 37.6 Å². The summed E-state index contributed by atoms with van der Waals surface area (Å²) in [5, 5.41) is 0. The van der Waals surface area contributed by atoms with Crippen molar-refractivity contribution in [3.05, 3.63) is 97.2 Å². The maximum atomic E-state index is 12.5. The number of hydrogen-bond acceptors (Lipinski definition) is 8. The quantitative estimate of drug-likeness (QED) is 0.0213. The molecule has 10 heteroatoms. The van der Waals surface area contributed by atoms with Gasteiger partial charge in [0.25, 0.3) is 0 Å². The van der Waals surface area contributed by atoms with Crippen LogP contribution in [0.1, 0.15) is 129 Å². The molecule has 3 N–H and O–H groups in total. The first kappa shape index (κ1) is 49.9. The summed E-state index contributed by atoms with van der Waals surface area (Å²) in [6.45, 7) is 3.42. The third-order valence-electron chi connectivity index (χ3n) is 7.53. The minimum Gasteiger partial charge on any atom is -0.462 e. The van der Waals surface area contributed by atoms with Gasteiger partial charge in [-0.15, -0.1) is 0 Å². The van der Waals surface area contributed by atoms with E-state index in [1.165, 1.54) is 6.42 Å². The third kappa shape index (κ3) is 38.5. The minimum absolute atomic E-state index is 0.0382. The Labute approximate surface area is 321 Å². The Kier molecular flexibility index (Phi) is 36.4. The number of carbonyl (C=O) groups is 2. The molecular weight excluding hydrogens is 689 g/mol. The third-order valence-corrected chi connectivity index (χ3v) is 8.51. The molecule has 53 heavy (non-hydrogen) atoms. The zero-order chi connectivity index (χ0) is 38.9. The van der Waals surface area contributed by atoms with Crippen LogP contribution in [0.5, 0.6) is 0 Å². The highest BCUT2D eigenvalue weighted by Crippen LogP contribution is 2.43. The van der Waals surface area contributed by atoms with E-state index < -0.39 is 32.5 Å². The standard InChI is InChI=1S/C43H70NO8P/c1-3-5-7-9-11-13-15-17-19-20-22-24-26-28-30-32-34-36-43(46)52-41(40-51-53(47,48)50-38-37-44)39-49-42(45)35-33-31-29-27-25-23-21-18-16-14-12-10-8-6-4-2/h6-10,12-16,18-21,24,26,41H,3-5,11,17,22-23,25,27-40,44H2,1-2H3,(H,47,48)/b8-6+,9-7+,12-10+,15-13+,16-14+,20-19+,21-18+,26-24+/t41-/m1/s1. The predicted octanol–water partition coefficient (Wildman–Crippen LogP) is 11.0. The number of esters is 2. The number of rotatable bonds is 35. The van der Waals surface area contributed by atoms with Gasteiger partial charge in [-0.2, -0.15) is 0 Å². The van der Waals surface area contributed by atoms with Gasteiger partial charge in [-0.05, 0) is 70.6 Å². The number of phosphoric acid groups is 1. The van der Waals surface area contributed by atoms with Crippen LogP contribution in [-0.2, 0) is 32.7 Å².